The number of nitrogens with zero attached hydrogens (tertiary/aromatic N) is 2. The van der Waals surface area contributed by atoms with Crippen molar-refractivity contribution in [2.45, 2.75) is 32.7 Å². The first-order valence-corrected chi connectivity index (χ1v) is 12.8. The fraction of sp³-hybridized carbons (Fsp3) is 0.379. The number of aryl methyl sites for hydroxylation is 1. The molecule has 0 amide bonds. The molecule has 0 unspecified atom stereocenters. The molecule has 0 atom stereocenters. The molecular weight excluding hydrogens is 488 g/mol. The first-order valence-electron chi connectivity index (χ1n) is 12.8. The quantitative estimate of drug-likeness (QED) is 0.201. The van der Waals surface area contributed by atoms with Crippen molar-refractivity contribution < 1.29 is 25.5 Å². The summed E-state index contributed by atoms with van der Waals surface area (Å²) in [4.78, 5) is 31.3. The minimum atomic E-state index is -1.09. The predicted molar refractivity (Wildman–Crippen MR) is 146 cm³/mol. The smallest absolute Gasteiger partial charge is 0.198 e. The number of rotatable bonds is 4. The van der Waals surface area contributed by atoms with Gasteiger partial charge in [0.25, 0.3) is 0 Å². The van der Waals surface area contributed by atoms with E-state index in [1.165, 1.54) is 12.1 Å². The van der Waals surface area contributed by atoms with E-state index in [0.29, 0.717) is 60.0 Å². The SMILES string of the molecule is Cc1cc(=O)c2c(O)c3c(O)c(CN4CCN(CCO)CC4)c(=O)c4c3c3c(cc(O)c1c23)C(C)(C)C=4O. The maximum absolute atomic E-state index is 14.0. The van der Waals surface area contributed by atoms with Gasteiger partial charge in [-0.15, -0.1) is 0 Å². The first-order chi connectivity index (χ1) is 18.0. The lowest BCUT2D eigenvalue weighted by Crippen LogP contribution is -2.48. The second kappa shape index (κ2) is 8.17. The molecular formula is C29H30N2O7. The fourth-order valence-corrected chi connectivity index (χ4v) is 6.49. The Labute approximate surface area is 217 Å². The van der Waals surface area contributed by atoms with Gasteiger partial charge in [0.15, 0.2) is 10.9 Å². The van der Waals surface area contributed by atoms with Gasteiger partial charge in [0, 0.05) is 60.8 Å². The number of hydrogen-bond donors (Lipinski definition) is 5. The zero-order valence-corrected chi connectivity index (χ0v) is 21.6. The van der Waals surface area contributed by atoms with Crippen molar-refractivity contribution in [3.8, 4) is 17.2 Å². The van der Waals surface area contributed by atoms with Crippen LogP contribution in [0.1, 0.15) is 30.5 Å². The minimum Gasteiger partial charge on any atom is -0.511 e. The standard InChI is InChI=1S/C29H30N2O7/c1-13-10-16(33)20-21-18(13)17(34)11-15-19(21)22-23(27(20)37)25(35)14(26(36)24(22)28(38)29(15,2)3)12-31-6-4-30(5-7-31)8-9-32/h10-11,32,34-35,37-38H,4-9,12H2,1-3H3. The summed E-state index contributed by atoms with van der Waals surface area (Å²) in [6.45, 7) is 8.49. The lowest BCUT2D eigenvalue weighted by molar-refractivity contribution is 0.108. The number of phenols is 3. The molecule has 198 valence electrons. The molecule has 5 N–H and O–H groups in total. The molecule has 1 fully saturated rings. The molecule has 1 aliphatic heterocycles. The zero-order valence-electron chi connectivity index (χ0n) is 21.6. The van der Waals surface area contributed by atoms with E-state index in [4.69, 9.17) is 0 Å². The summed E-state index contributed by atoms with van der Waals surface area (Å²) in [6.07, 6.45) is 0. The van der Waals surface area contributed by atoms with Crippen molar-refractivity contribution in [1.29, 1.82) is 0 Å². The molecule has 0 radical (unpaired) electrons. The van der Waals surface area contributed by atoms with Gasteiger partial charge in [-0.2, -0.15) is 0 Å². The van der Waals surface area contributed by atoms with Gasteiger partial charge < -0.3 is 25.5 Å². The van der Waals surface area contributed by atoms with Gasteiger partial charge in [0.2, 0.25) is 0 Å². The van der Waals surface area contributed by atoms with E-state index >= 15 is 0 Å². The Hall–Kier alpha value is -3.66. The Balaban J connectivity index is 1.74. The molecule has 2 aliphatic rings. The van der Waals surface area contributed by atoms with Gasteiger partial charge in [0.1, 0.15) is 23.0 Å². The summed E-state index contributed by atoms with van der Waals surface area (Å²) in [5, 5.41) is 55.9. The fourth-order valence-electron chi connectivity index (χ4n) is 6.49. The Morgan fingerprint density at radius 2 is 1.47 bits per heavy atom. The number of benzene rings is 4. The first kappa shape index (κ1) is 24.7. The summed E-state index contributed by atoms with van der Waals surface area (Å²) < 4.78 is 0. The van der Waals surface area contributed by atoms with Crippen molar-refractivity contribution in [2.75, 3.05) is 39.3 Å². The van der Waals surface area contributed by atoms with Crippen LogP contribution in [-0.2, 0) is 12.0 Å². The van der Waals surface area contributed by atoms with E-state index in [1.54, 1.807) is 20.8 Å². The molecule has 1 saturated heterocycles. The van der Waals surface area contributed by atoms with E-state index in [0.717, 1.165) is 0 Å². The topological polar surface area (TPSA) is 142 Å². The van der Waals surface area contributed by atoms with Crippen molar-refractivity contribution >= 4 is 38.1 Å². The van der Waals surface area contributed by atoms with Crippen LogP contribution in [0.4, 0.5) is 0 Å². The van der Waals surface area contributed by atoms with Crippen molar-refractivity contribution in [1.82, 2.24) is 9.80 Å². The lowest BCUT2D eigenvalue weighted by Gasteiger charge is -2.35. The third-order valence-corrected chi connectivity index (χ3v) is 8.56. The second-order valence-electron chi connectivity index (χ2n) is 11.1. The largest absolute Gasteiger partial charge is 0.511 e. The van der Waals surface area contributed by atoms with Crippen LogP contribution in [0.3, 0.4) is 0 Å². The van der Waals surface area contributed by atoms with Gasteiger partial charge >= 0.3 is 0 Å². The summed E-state index contributed by atoms with van der Waals surface area (Å²) >= 11 is 0. The van der Waals surface area contributed by atoms with E-state index in [2.05, 4.69) is 4.90 Å². The van der Waals surface area contributed by atoms with E-state index in [-0.39, 0.29) is 51.6 Å². The average molecular weight is 519 g/mol. The molecule has 4 aromatic rings. The van der Waals surface area contributed by atoms with Crippen LogP contribution in [0.15, 0.2) is 21.7 Å². The molecule has 0 spiro atoms. The van der Waals surface area contributed by atoms with Crippen LogP contribution in [-0.4, -0.2) is 74.7 Å². The van der Waals surface area contributed by atoms with E-state index in [1.807, 2.05) is 4.90 Å². The van der Waals surface area contributed by atoms with Crippen LogP contribution in [0, 0.1) is 6.92 Å². The third kappa shape index (κ3) is 3.09. The average Bonchev–Trinajstić information content (AvgIpc) is 2.85. The van der Waals surface area contributed by atoms with Crippen molar-refractivity contribution in [3.05, 3.63) is 54.5 Å². The summed E-state index contributed by atoms with van der Waals surface area (Å²) in [7, 11) is 0. The summed E-state index contributed by atoms with van der Waals surface area (Å²) in [5.74, 6) is -1.19. The number of aliphatic hydroxyl groups excluding tert-OH is 2. The van der Waals surface area contributed by atoms with Crippen LogP contribution < -0.4 is 16.1 Å². The number of phenolic OH excluding ortho intramolecular Hbond substituents is 3. The molecule has 1 heterocycles. The number of aromatic hydroxyl groups is 3. The van der Waals surface area contributed by atoms with Gasteiger partial charge in [-0.05, 0) is 49.4 Å². The third-order valence-electron chi connectivity index (χ3n) is 8.56. The highest BCUT2D eigenvalue weighted by Crippen LogP contribution is 2.51. The predicted octanol–water partition coefficient (Wildman–Crippen LogP) is 1.52. The lowest BCUT2D eigenvalue weighted by atomic mass is 9.72. The summed E-state index contributed by atoms with van der Waals surface area (Å²) in [5.41, 5.74) is -1.01. The maximum Gasteiger partial charge on any atom is 0.198 e. The maximum atomic E-state index is 14.0. The Morgan fingerprint density at radius 3 is 2.13 bits per heavy atom. The highest BCUT2D eigenvalue weighted by Gasteiger charge is 2.38. The second-order valence-corrected chi connectivity index (χ2v) is 11.1. The van der Waals surface area contributed by atoms with Crippen molar-refractivity contribution in [2.24, 2.45) is 0 Å². The Kier molecular flexibility index (Phi) is 5.30. The number of piperazine rings is 1. The van der Waals surface area contributed by atoms with E-state index in [9.17, 15) is 35.1 Å². The molecule has 0 aromatic heterocycles. The molecule has 0 saturated carbocycles. The Bertz CT molecular complexity index is 1840. The number of hydrogen-bond acceptors (Lipinski definition) is 9. The highest BCUT2D eigenvalue weighted by atomic mass is 16.3. The zero-order chi connectivity index (χ0) is 27.3. The minimum absolute atomic E-state index is 0.00219. The van der Waals surface area contributed by atoms with Crippen LogP contribution in [0.25, 0.3) is 38.1 Å². The van der Waals surface area contributed by atoms with Crippen LogP contribution in [0.5, 0.6) is 17.2 Å². The van der Waals surface area contributed by atoms with Gasteiger partial charge in [-0.3, -0.25) is 19.4 Å². The Morgan fingerprint density at radius 1 is 0.816 bits per heavy atom. The van der Waals surface area contributed by atoms with Crippen LogP contribution >= 0.6 is 0 Å². The van der Waals surface area contributed by atoms with Crippen molar-refractivity contribution in [3.63, 3.8) is 0 Å². The monoisotopic (exact) mass is 518 g/mol. The molecule has 4 aromatic carbocycles. The number of β-amino-alcohol motifs (C(OH)–C–C–N with tert-alkyl or cyclic N) is 1. The van der Waals surface area contributed by atoms with Gasteiger partial charge in [0.05, 0.1) is 28.2 Å². The van der Waals surface area contributed by atoms with Gasteiger partial charge in [-0.1, -0.05) is 0 Å². The normalized spacial score (nSPS) is 17.9. The van der Waals surface area contributed by atoms with E-state index < -0.39 is 27.8 Å². The van der Waals surface area contributed by atoms with Gasteiger partial charge in [-0.25, -0.2) is 0 Å². The molecule has 0 bridgehead atoms. The molecule has 9 nitrogen and oxygen atoms in total. The molecule has 6 rings (SSSR count). The van der Waals surface area contributed by atoms with Crippen LogP contribution in [0.2, 0.25) is 0 Å². The molecule has 9 heteroatoms. The summed E-state index contributed by atoms with van der Waals surface area (Å²) in [6, 6.07) is 2.88. The molecule has 1 aliphatic carbocycles. The highest BCUT2D eigenvalue weighted by molar-refractivity contribution is 6.29. The molecule has 38 heavy (non-hydrogen) atoms. The number of aliphatic hydroxyl groups is 2.